The second-order valence-electron chi connectivity index (χ2n) is 2.68. The summed E-state index contributed by atoms with van der Waals surface area (Å²) in [6, 6.07) is 3.14. The minimum Gasteiger partial charge on any atom is -0.392 e. The van der Waals surface area contributed by atoms with Crippen molar-refractivity contribution in [2.24, 2.45) is 0 Å². The van der Waals surface area contributed by atoms with Crippen LogP contribution in [-0.2, 0) is 6.61 Å². The lowest BCUT2D eigenvalue weighted by Crippen LogP contribution is -1.88. The Morgan fingerprint density at radius 1 is 1.54 bits per heavy atom. The highest BCUT2D eigenvalue weighted by atomic mass is 32.1. The van der Waals surface area contributed by atoms with E-state index in [0.717, 1.165) is 5.39 Å². The summed E-state index contributed by atoms with van der Waals surface area (Å²) in [4.78, 5) is 0.505. The first-order valence-electron chi connectivity index (χ1n) is 3.72. The summed E-state index contributed by atoms with van der Waals surface area (Å²) in [5.41, 5.74) is 0.695. The molecule has 68 valence electrons. The zero-order valence-corrected chi connectivity index (χ0v) is 8.33. The number of rotatable bonds is 1. The van der Waals surface area contributed by atoms with Crippen molar-refractivity contribution in [2.45, 2.75) is 11.5 Å². The summed E-state index contributed by atoms with van der Waals surface area (Å²) in [6.45, 7) is -0.105. The van der Waals surface area contributed by atoms with Crippen LogP contribution in [-0.4, -0.2) is 5.11 Å². The lowest BCUT2D eigenvalue weighted by Gasteiger charge is -2.03. The molecule has 0 aliphatic heterocycles. The second-order valence-corrected chi connectivity index (χ2v) is 4.08. The Morgan fingerprint density at radius 3 is 3.00 bits per heavy atom. The molecule has 13 heavy (non-hydrogen) atoms. The first-order chi connectivity index (χ1) is 6.24. The molecule has 1 heterocycles. The van der Waals surface area contributed by atoms with Gasteiger partial charge in [0.2, 0.25) is 0 Å². The Bertz CT molecular complexity index is 450. The van der Waals surface area contributed by atoms with Gasteiger partial charge in [-0.3, -0.25) is 0 Å². The van der Waals surface area contributed by atoms with Gasteiger partial charge in [-0.15, -0.1) is 24.0 Å². The molecular weight excluding hydrogens is 207 g/mol. The van der Waals surface area contributed by atoms with E-state index in [1.54, 1.807) is 11.4 Å². The third-order valence-electron chi connectivity index (χ3n) is 1.94. The molecule has 0 spiro atoms. The minimum absolute atomic E-state index is 0.105. The molecule has 0 amide bonds. The normalized spacial score (nSPS) is 11.0. The van der Waals surface area contributed by atoms with Crippen molar-refractivity contribution < 1.29 is 9.50 Å². The highest BCUT2D eigenvalue weighted by Crippen LogP contribution is 2.31. The summed E-state index contributed by atoms with van der Waals surface area (Å²) in [5, 5.41) is 11.6. The molecule has 0 fully saturated rings. The van der Waals surface area contributed by atoms with Gasteiger partial charge in [-0.25, -0.2) is 4.39 Å². The Hall–Kier alpha value is -0.580. The fourth-order valence-corrected chi connectivity index (χ4v) is 2.44. The van der Waals surface area contributed by atoms with E-state index in [2.05, 4.69) is 12.6 Å². The molecule has 0 bridgehead atoms. The van der Waals surface area contributed by atoms with Crippen LogP contribution in [0.3, 0.4) is 0 Å². The van der Waals surface area contributed by atoms with Gasteiger partial charge in [0.25, 0.3) is 0 Å². The average Bonchev–Trinajstić information content (AvgIpc) is 2.53. The predicted molar refractivity (Wildman–Crippen MR) is 55.0 cm³/mol. The van der Waals surface area contributed by atoms with Crippen LogP contribution in [0.2, 0.25) is 0 Å². The van der Waals surface area contributed by atoms with Crippen LogP contribution >= 0.6 is 24.0 Å². The van der Waals surface area contributed by atoms with Gasteiger partial charge in [-0.2, -0.15) is 0 Å². The minimum atomic E-state index is -0.271. The summed E-state index contributed by atoms with van der Waals surface area (Å²) < 4.78 is 13.9. The molecule has 1 N–H and O–H groups in total. The largest absolute Gasteiger partial charge is 0.392 e. The molecule has 0 aliphatic rings. The molecule has 2 rings (SSSR count). The number of fused-ring (bicyclic) bond motifs is 1. The summed E-state index contributed by atoms with van der Waals surface area (Å²) in [6.07, 6.45) is 0. The molecule has 0 radical (unpaired) electrons. The standard InChI is InChI=1S/C9H7FOS2/c10-7-3-8(12)6(4-11)5-1-2-13-9(5)7/h1-3,11-12H,4H2. The maximum absolute atomic E-state index is 13.3. The second kappa shape index (κ2) is 3.29. The Kier molecular flexibility index (Phi) is 2.27. The number of benzene rings is 1. The molecule has 1 aromatic heterocycles. The number of hydrogen-bond donors (Lipinski definition) is 2. The van der Waals surface area contributed by atoms with Crippen LogP contribution in [0.5, 0.6) is 0 Å². The first kappa shape index (κ1) is 8.99. The number of aliphatic hydroxyl groups excluding tert-OH is 1. The monoisotopic (exact) mass is 214 g/mol. The van der Waals surface area contributed by atoms with Gasteiger partial charge in [0.15, 0.2) is 0 Å². The Labute approximate surface area is 84.2 Å². The number of thiol groups is 1. The first-order valence-corrected chi connectivity index (χ1v) is 5.05. The zero-order valence-electron chi connectivity index (χ0n) is 6.62. The lowest BCUT2D eigenvalue weighted by molar-refractivity contribution is 0.280. The fourth-order valence-electron chi connectivity index (χ4n) is 1.31. The van der Waals surface area contributed by atoms with Crippen LogP contribution in [0, 0.1) is 5.82 Å². The van der Waals surface area contributed by atoms with E-state index in [4.69, 9.17) is 5.11 Å². The van der Waals surface area contributed by atoms with Crippen LogP contribution in [0.25, 0.3) is 10.1 Å². The van der Waals surface area contributed by atoms with E-state index >= 15 is 0 Å². The van der Waals surface area contributed by atoms with Gasteiger partial charge in [-0.1, -0.05) is 0 Å². The quantitative estimate of drug-likeness (QED) is 0.699. The molecule has 1 aromatic carbocycles. The van der Waals surface area contributed by atoms with Gasteiger partial charge in [0.05, 0.1) is 11.3 Å². The molecule has 0 unspecified atom stereocenters. The zero-order chi connectivity index (χ0) is 9.42. The smallest absolute Gasteiger partial charge is 0.142 e. The van der Waals surface area contributed by atoms with Crippen molar-refractivity contribution in [3.63, 3.8) is 0 Å². The van der Waals surface area contributed by atoms with Crippen LogP contribution in [0.4, 0.5) is 4.39 Å². The number of hydrogen-bond acceptors (Lipinski definition) is 3. The van der Waals surface area contributed by atoms with Crippen molar-refractivity contribution in [3.8, 4) is 0 Å². The molecule has 0 aliphatic carbocycles. The average molecular weight is 214 g/mol. The topological polar surface area (TPSA) is 20.2 Å². The summed E-state index contributed by atoms with van der Waals surface area (Å²) in [5.74, 6) is -0.271. The van der Waals surface area contributed by atoms with Crippen molar-refractivity contribution in [3.05, 3.63) is 28.9 Å². The molecule has 4 heteroatoms. The molecule has 2 aromatic rings. The third kappa shape index (κ3) is 1.35. The number of halogens is 1. The third-order valence-corrected chi connectivity index (χ3v) is 3.26. The SMILES string of the molecule is OCc1c(S)cc(F)c2sccc12. The van der Waals surface area contributed by atoms with Crippen LogP contribution in [0.1, 0.15) is 5.56 Å². The highest BCUT2D eigenvalue weighted by Gasteiger charge is 2.09. The van der Waals surface area contributed by atoms with Gasteiger partial charge < -0.3 is 5.11 Å². The van der Waals surface area contributed by atoms with E-state index < -0.39 is 0 Å². The Morgan fingerprint density at radius 2 is 2.31 bits per heavy atom. The maximum atomic E-state index is 13.3. The maximum Gasteiger partial charge on any atom is 0.142 e. The fraction of sp³-hybridized carbons (Fsp3) is 0.111. The van der Waals surface area contributed by atoms with Crippen molar-refractivity contribution in [1.29, 1.82) is 0 Å². The number of aliphatic hydroxyl groups is 1. The van der Waals surface area contributed by atoms with Gasteiger partial charge >= 0.3 is 0 Å². The van der Waals surface area contributed by atoms with Gasteiger partial charge in [0.1, 0.15) is 5.82 Å². The predicted octanol–water partition coefficient (Wildman–Crippen LogP) is 2.82. The van der Waals surface area contributed by atoms with Crippen molar-refractivity contribution in [1.82, 2.24) is 0 Å². The van der Waals surface area contributed by atoms with Gasteiger partial charge in [-0.05, 0) is 23.1 Å². The summed E-state index contributed by atoms with van der Waals surface area (Å²) in [7, 11) is 0. The summed E-state index contributed by atoms with van der Waals surface area (Å²) >= 11 is 5.44. The Balaban J connectivity index is 2.88. The van der Waals surface area contributed by atoms with E-state index in [9.17, 15) is 4.39 Å². The molecule has 1 nitrogen and oxygen atoms in total. The molecule has 0 saturated carbocycles. The number of thiophene rings is 1. The van der Waals surface area contributed by atoms with Crippen LogP contribution in [0.15, 0.2) is 22.4 Å². The van der Waals surface area contributed by atoms with E-state index in [1.807, 2.05) is 0 Å². The highest BCUT2D eigenvalue weighted by molar-refractivity contribution is 7.80. The van der Waals surface area contributed by atoms with Crippen LogP contribution < -0.4 is 0 Å². The molecule has 0 saturated heterocycles. The molecule has 0 atom stereocenters. The van der Waals surface area contributed by atoms with E-state index in [0.29, 0.717) is 15.2 Å². The van der Waals surface area contributed by atoms with Crippen molar-refractivity contribution >= 4 is 34.1 Å². The van der Waals surface area contributed by atoms with Gasteiger partial charge in [0, 0.05) is 10.3 Å². The lowest BCUT2D eigenvalue weighted by atomic mass is 10.1. The van der Waals surface area contributed by atoms with E-state index in [-0.39, 0.29) is 12.4 Å². The van der Waals surface area contributed by atoms with Crippen molar-refractivity contribution in [2.75, 3.05) is 0 Å². The van der Waals surface area contributed by atoms with E-state index in [1.165, 1.54) is 17.4 Å². The molecular formula is C9H7FOS2.